The van der Waals surface area contributed by atoms with Crippen LogP contribution in [0.5, 0.6) is 0 Å². The number of anilines is 1. The molecule has 0 saturated carbocycles. The van der Waals surface area contributed by atoms with Crippen LogP contribution in [0.4, 0.5) is 5.82 Å². The number of hydrogen-bond acceptors (Lipinski definition) is 10. The molecule has 6 N–H and O–H groups in total. The quantitative estimate of drug-likeness (QED) is 0.300. The maximum Gasteiger partial charge on any atom is 0.292 e. The molecule has 1 saturated heterocycles. The van der Waals surface area contributed by atoms with Gasteiger partial charge >= 0.3 is 0 Å². The normalized spacial score (nSPS) is 27.5. The minimum Gasteiger partial charge on any atom is -0.465 e. The molecule has 1 aromatic heterocycles. The van der Waals surface area contributed by atoms with Crippen molar-refractivity contribution in [3.05, 3.63) is 47.9 Å². The summed E-state index contributed by atoms with van der Waals surface area (Å²) in [6, 6.07) is 9.80. The van der Waals surface area contributed by atoms with Gasteiger partial charge in [0.05, 0.1) is 26.1 Å². The summed E-state index contributed by atoms with van der Waals surface area (Å²) in [5.74, 6) is 0.486. The van der Waals surface area contributed by atoms with Crippen molar-refractivity contribution in [3.8, 4) is 0 Å². The van der Waals surface area contributed by atoms with E-state index in [2.05, 4.69) is 20.6 Å². The number of benzene rings is 1. The molecule has 6 atom stereocenters. The van der Waals surface area contributed by atoms with E-state index < -0.39 is 37.3 Å². The van der Waals surface area contributed by atoms with Crippen LogP contribution < -0.4 is 10.6 Å². The minimum atomic E-state index is -1.25. The first kappa shape index (κ1) is 23.6. The number of aromatic nitrogens is 2. The third-order valence-corrected chi connectivity index (χ3v) is 5.73. The van der Waals surface area contributed by atoms with Gasteiger partial charge in [0.2, 0.25) is 0 Å². The molecular weight excluding hydrogens is 430 g/mol. The van der Waals surface area contributed by atoms with Crippen LogP contribution >= 0.6 is 0 Å². The van der Waals surface area contributed by atoms with Crippen molar-refractivity contribution in [3.63, 3.8) is 0 Å². The first-order chi connectivity index (χ1) is 16.0. The van der Waals surface area contributed by atoms with Gasteiger partial charge in [0, 0.05) is 6.04 Å². The van der Waals surface area contributed by atoms with Gasteiger partial charge in [-0.2, -0.15) is 0 Å². The molecule has 0 unspecified atom stereocenters. The number of ether oxygens (including phenoxy) is 2. The van der Waals surface area contributed by atoms with Gasteiger partial charge in [0.15, 0.2) is 12.4 Å². The lowest BCUT2D eigenvalue weighted by atomic mass is 10.1. The van der Waals surface area contributed by atoms with E-state index in [4.69, 9.17) is 9.47 Å². The first-order valence-corrected chi connectivity index (χ1v) is 11.1. The van der Waals surface area contributed by atoms with Crippen molar-refractivity contribution in [2.45, 2.75) is 56.5 Å². The molecule has 180 valence electrons. The minimum absolute atomic E-state index is 0.107. The summed E-state index contributed by atoms with van der Waals surface area (Å²) in [5.41, 5.74) is 1.60. The summed E-state index contributed by atoms with van der Waals surface area (Å²) in [7, 11) is 0. The molecule has 0 bridgehead atoms. The third kappa shape index (κ3) is 5.03. The number of nitrogens with one attached hydrogen (secondary N) is 2. The number of hydrogen-bond donors (Lipinski definition) is 6. The highest BCUT2D eigenvalue weighted by molar-refractivity contribution is 5.90. The van der Waals surface area contributed by atoms with E-state index in [0.717, 1.165) is 12.0 Å². The SMILES string of the molecule is CCCOC1=N[C@@H](N[C@@H](CO)Cc2ccccc2)c2ncn([C@@H]3O[C@H](CO)[C@@H](O)[C@H]3O)c2N1. The van der Waals surface area contributed by atoms with Crippen LogP contribution in [0.1, 0.15) is 37.0 Å². The van der Waals surface area contributed by atoms with Gasteiger partial charge in [-0.3, -0.25) is 15.2 Å². The van der Waals surface area contributed by atoms with Crippen molar-refractivity contribution in [2.24, 2.45) is 4.99 Å². The van der Waals surface area contributed by atoms with E-state index in [1.165, 1.54) is 6.33 Å². The highest BCUT2D eigenvalue weighted by Crippen LogP contribution is 2.36. The van der Waals surface area contributed by atoms with Gasteiger partial charge in [0.1, 0.15) is 29.8 Å². The number of aliphatic hydroxyl groups excluding tert-OH is 4. The summed E-state index contributed by atoms with van der Waals surface area (Å²) in [5, 5.41) is 46.5. The maximum atomic E-state index is 10.5. The predicted molar refractivity (Wildman–Crippen MR) is 119 cm³/mol. The standard InChI is InChI=1S/C22H31N5O6/c1-2-8-32-22-25-19(24-14(10-28)9-13-6-4-3-5-7-13)16-20(26-22)27(12-23-16)21-18(31)17(30)15(11-29)33-21/h3-7,12,14-15,17-19,21,24,28-31H,2,8-11H2,1H3,(H,25,26)/t14-,15-,17-,18-,19-,21-/m1/s1. The Morgan fingerprint density at radius 3 is 2.67 bits per heavy atom. The molecule has 0 radical (unpaired) electrons. The molecule has 11 nitrogen and oxygen atoms in total. The largest absolute Gasteiger partial charge is 0.465 e. The zero-order valence-corrected chi connectivity index (χ0v) is 18.4. The smallest absolute Gasteiger partial charge is 0.292 e. The Balaban J connectivity index is 1.59. The van der Waals surface area contributed by atoms with Crippen LogP contribution in [-0.2, 0) is 15.9 Å². The number of amidine groups is 1. The number of rotatable bonds is 9. The van der Waals surface area contributed by atoms with Crippen LogP contribution in [-0.4, -0.2) is 80.2 Å². The van der Waals surface area contributed by atoms with Gasteiger partial charge in [0.25, 0.3) is 6.02 Å². The zero-order valence-electron chi connectivity index (χ0n) is 18.4. The Hall–Kier alpha value is -2.54. The van der Waals surface area contributed by atoms with Crippen molar-refractivity contribution in [2.75, 3.05) is 25.1 Å². The summed E-state index contributed by atoms with van der Waals surface area (Å²) in [4.78, 5) is 9.05. The molecule has 2 aromatic rings. The van der Waals surface area contributed by atoms with Crippen LogP contribution in [0.3, 0.4) is 0 Å². The number of aliphatic imine (C=N–C) groups is 1. The molecule has 1 fully saturated rings. The number of fused-ring (bicyclic) bond motifs is 1. The second-order valence-corrected chi connectivity index (χ2v) is 8.16. The van der Waals surface area contributed by atoms with Crippen molar-refractivity contribution in [1.82, 2.24) is 14.9 Å². The molecule has 0 amide bonds. The molecule has 11 heteroatoms. The molecule has 1 aromatic carbocycles. The Kier molecular flexibility index (Phi) is 7.58. The molecule has 33 heavy (non-hydrogen) atoms. The average molecular weight is 462 g/mol. The van der Waals surface area contributed by atoms with Crippen molar-refractivity contribution >= 4 is 11.8 Å². The molecule has 2 aliphatic heterocycles. The fraction of sp³-hybridized carbons (Fsp3) is 0.545. The Morgan fingerprint density at radius 2 is 2.00 bits per heavy atom. The molecule has 0 aliphatic carbocycles. The van der Waals surface area contributed by atoms with Crippen LogP contribution in [0.15, 0.2) is 41.7 Å². The van der Waals surface area contributed by atoms with Crippen LogP contribution in [0.25, 0.3) is 0 Å². The lowest BCUT2D eigenvalue weighted by molar-refractivity contribution is -0.0518. The molecule has 2 aliphatic rings. The maximum absolute atomic E-state index is 10.5. The summed E-state index contributed by atoms with van der Waals surface area (Å²) in [6.07, 6.45) is -2.11. The van der Waals surface area contributed by atoms with E-state index in [1.807, 2.05) is 37.3 Å². The van der Waals surface area contributed by atoms with Gasteiger partial charge in [-0.05, 0) is 18.4 Å². The zero-order chi connectivity index (χ0) is 23.4. The van der Waals surface area contributed by atoms with Crippen molar-refractivity contribution in [1.29, 1.82) is 0 Å². The number of aliphatic hydroxyl groups is 4. The Labute approximate surface area is 191 Å². The van der Waals surface area contributed by atoms with E-state index in [9.17, 15) is 20.4 Å². The molecule has 0 spiro atoms. The second-order valence-electron chi connectivity index (χ2n) is 8.16. The monoisotopic (exact) mass is 461 g/mol. The van der Waals surface area contributed by atoms with Gasteiger partial charge in [-0.15, -0.1) is 0 Å². The summed E-state index contributed by atoms with van der Waals surface area (Å²) < 4.78 is 13.0. The topological polar surface area (TPSA) is 154 Å². The lowest BCUT2D eigenvalue weighted by Crippen LogP contribution is -2.40. The van der Waals surface area contributed by atoms with E-state index >= 15 is 0 Å². The summed E-state index contributed by atoms with van der Waals surface area (Å²) >= 11 is 0. The first-order valence-electron chi connectivity index (χ1n) is 11.1. The second kappa shape index (κ2) is 10.6. The van der Waals surface area contributed by atoms with E-state index in [0.29, 0.717) is 24.5 Å². The van der Waals surface area contributed by atoms with Crippen molar-refractivity contribution < 1.29 is 29.9 Å². The average Bonchev–Trinajstić information content (AvgIpc) is 3.38. The lowest BCUT2D eigenvalue weighted by Gasteiger charge is -2.28. The van der Waals surface area contributed by atoms with E-state index in [1.54, 1.807) is 4.57 Å². The Morgan fingerprint density at radius 1 is 1.21 bits per heavy atom. The van der Waals surface area contributed by atoms with Gasteiger partial charge in [-0.25, -0.2) is 9.98 Å². The Bertz CT molecular complexity index is 939. The highest BCUT2D eigenvalue weighted by Gasteiger charge is 2.45. The van der Waals surface area contributed by atoms with Crippen LogP contribution in [0.2, 0.25) is 0 Å². The predicted octanol–water partition coefficient (Wildman–Crippen LogP) is -0.105. The fourth-order valence-electron chi connectivity index (χ4n) is 4.01. The third-order valence-electron chi connectivity index (χ3n) is 5.73. The van der Waals surface area contributed by atoms with Crippen LogP contribution in [0, 0.1) is 0 Å². The molecular formula is C22H31N5O6. The van der Waals surface area contributed by atoms with Gasteiger partial charge < -0.3 is 29.9 Å². The van der Waals surface area contributed by atoms with Gasteiger partial charge in [-0.1, -0.05) is 37.3 Å². The number of nitrogens with zero attached hydrogens (tertiary/aromatic N) is 3. The number of imidazole rings is 1. The molecule has 3 heterocycles. The van der Waals surface area contributed by atoms with E-state index in [-0.39, 0.29) is 18.7 Å². The highest BCUT2D eigenvalue weighted by atomic mass is 16.6. The summed E-state index contributed by atoms with van der Waals surface area (Å²) in [6.45, 7) is 1.90. The fourth-order valence-corrected chi connectivity index (χ4v) is 4.01. The molecule has 4 rings (SSSR count).